The van der Waals surface area contributed by atoms with Crippen LogP contribution < -0.4 is 0 Å². The summed E-state index contributed by atoms with van der Waals surface area (Å²) in [5, 5.41) is 0. The van der Waals surface area contributed by atoms with Crippen LogP contribution >= 0.6 is 0 Å². The van der Waals surface area contributed by atoms with E-state index >= 15 is 0 Å². The van der Waals surface area contributed by atoms with Crippen LogP contribution in [-0.4, -0.2) is 11.6 Å². The molecule has 0 saturated carbocycles. The zero-order valence-corrected chi connectivity index (χ0v) is 14.1. The molecule has 3 aromatic carbocycles. The number of carbonyl (C=O) groups is 2. The van der Waals surface area contributed by atoms with Crippen molar-refractivity contribution >= 4 is 11.6 Å². The maximum Gasteiger partial charge on any atom is 0.234 e. The Balaban J connectivity index is 1.88. The summed E-state index contributed by atoms with van der Waals surface area (Å²) in [4.78, 5) is 25.2. The molecule has 0 saturated heterocycles. The molecule has 2 aliphatic carbocycles. The Kier molecular flexibility index (Phi) is 2.61. The molecule has 2 heteroatoms. The molecule has 2 aliphatic rings. The van der Waals surface area contributed by atoms with Gasteiger partial charge < -0.3 is 0 Å². The first kappa shape index (κ1) is 14.4. The average Bonchev–Trinajstić information content (AvgIpc) is 2.86. The highest BCUT2D eigenvalue weighted by Crippen LogP contribution is 2.51. The molecule has 0 atom stereocenters. The third-order valence-corrected chi connectivity index (χ3v) is 5.63. The first-order valence-electron chi connectivity index (χ1n) is 8.47. The third kappa shape index (κ3) is 1.69. The van der Waals surface area contributed by atoms with E-state index < -0.39 is 11.6 Å². The second-order valence-electron chi connectivity index (χ2n) is 7.32. The smallest absolute Gasteiger partial charge is 0.234 e. The van der Waals surface area contributed by atoms with Crippen molar-refractivity contribution < 1.29 is 9.59 Å². The summed E-state index contributed by atoms with van der Waals surface area (Å²) < 4.78 is 0. The van der Waals surface area contributed by atoms with E-state index in [2.05, 4.69) is 38.1 Å². The molecule has 5 rings (SSSR count). The van der Waals surface area contributed by atoms with Crippen molar-refractivity contribution in [1.29, 1.82) is 0 Å². The fraction of sp³-hybridized carbons (Fsp3) is 0.130. The van der Waals surface area contributed by atoms with E-state index in [1.165, 1.54) is 11.1 Å². The number of rotatable bonds is 0. The topological polar surface area (TPSA) is 34.1 Å². The molecule has 0 fully saturated rings. The number of hydrogen-bond acceptors (Lipinski definition) is 2. The molecule has 0 aliphatic heterocycles. The van der Waals surface area contributed by atoms with Crippen molar-refractivity contribution in [3.05, 3.63) is 82.9 Å². The van der Waals surface area contributed by atoms with Gasteiger partial charge in [0.25, 0.3) is 0 Å². The Hall–Kier alpha value is -3.00. The predicted octanol–water partition coefficient (Wildman–Crippen LogP) is 5.04. The number of hydrogen-bond donors (Lipinski definition) is 0. The highest BCUT2D eigenvalue weighted by atomic mass is 16.2. The Labute approximate surface area is 146 Å². The average molecular weight is 324 g/mol. The molecule has 0 amide bonds. The van der Waals surface area contributed by atoms with Crippen molar-refractivity contribution in [2.75, 3.05) is 0 Å². The van der Waals surface area contributed by atoms with E-state index in [9.17, 15) is 9.59 Å². The Morgan fingerprint density at radius 1 is 0.560 bits per heavy atom. The molecule has 2 nitrogen and oxygen atoms in total. The van der Waals surface area contributed by atoms with Crippen molar-refractivity contribution in [1.82, 2.24) is 0 Å². The van der Waals surface area contributed by atoms with Gasteiger partial charge in [0.05, 0.1) is 0 Å². The van der Waals surface area contributed by atoms with Crippen molar-refractivity contribution in [2.45, 2.75) is 19.3 Å². The Morgan fingerprint density at radius 2 is 1.16 bits per heavy atom. The summed E-state index contributed by atoms with van der Waals surface area (Å²) in [6, 6.07) is 19.8. The van der Waals surface area contributed by atoms with Crippen LogP contribution in [0.15, 0.2) is 60.7 Å². The van der Waals surface area contributed by atoms with Gasteiger partial charge in [-0.2, -0.15) is 0 Å². The lowest BCUT2D eigenvalue weighted by atomic mass is 9.78. The minimum absolute atomic E-state index is 0.125. The number of fused-ring (bicyclic) bond motifs is 6. The molecule has 0 spiro atoms. The van der Waals surface area contributed by atoms with Crippen LogP contribution in [0.25, 0.3) is 22.3 Å². The van der Waals surface area contributed by atoms with E-state index in [-0.39, 0.29) is 5.41 Å². The molecule has 3 aromatic rings. The van der Waals surface area contributed by atoms with E-state index in [0.717, 1.165) is 22.3 Å². The molecular formula is C23H16O2. The first-order valence-corrected chi connectivity index (χ1v) is 8.47. The molecule has 0 bridgehead atoms. The minimum atomic E-state index is -0.409. The van der Waals surface area contributed by atoms with Gasteiger partial charge in [-0.25, -0.2) is 0 Å². The van der Waals surface area contributed by atoms with Gasteiger partial charge in [-0.1, -0.05) is 62.4 Å². The molecule has 0 N–H and O–H groups in total. The van der Waals surface area contributed by atoms with Gasteiger partial charge in [0, 0.05) is 16.5 Å². The molecule has 0 unspecified atom stereocenters. The Bertz CT molecular complexity index is 1100. The van der Waals surface area contributed by atoms with Crippen LogP contribution in [0, 0.1) is 0 Å². The molecule has 0 aromatic heterocycles. The van der Waals surface area contributed by atoms with Gasteiger partial charge in [0.1, 0.15) is 0 Å². The largest absolute Gasteiger partial charge is 0.285 e. The number of ketones is 2. The van der Waals surface area contributed by atoms with E-state index in [1.807, 2.05) is 30.3 Å². The van der Waals surface area contributed by atoms with Crippen LogP contribution in [0.5, 0.6) is 0 Å². The fourth-order valence-electron chi connectivity index (χ4n) is 4.32. The molecule has 0 radical (unpaired) electrons. The van der Waals surface area contributed by atoms with E-state index in [0.29, 0.717) is 11.1 Å². The second-order valence-corrected chi connectivity index (χ2v) is 7.32. The summed E-state index contributed by atoms with van der Waals surface area (Å²) >= 11 is 0. The number of carbonyl (C=O) groups excluding carboxylic acids is 2. The summed E-state index contributed by atoms with van der Waals surface area (Å²) in [5.74, 6) is -0.813. The quantitative estimate of drug-likeness (QED) is 0.543. The van der Waals surface area contributed by atoms with E-state index in [1.54, 1.807) is 6.07 Å². The van der Waals surface area contributed by atoms with Gasteiger partial charge in [-0.3, -0.25) is 9.59 Å². The predicted molar refractivity (Wildman–Crippen MR) is 98.1 cm³/mol. The van der Waals surface area contributed by atoms with Gasteiger partial charge in [-0.15, -0.1) is 0 Å². The first-order chi connectivity index (χ1) is 12.0. The zero-order chi connectivity index (χ0) is 17.3. The van der Waals surface area contributed by atoms with Gasteiger partial charge in [-0.05, 0) is 45.5 Å². The van der Waals surface area contributed by atoms with Crippen LogP contribution in [-0.2, 0) is 5.41 Å². The standard InChI is InChI=1S/C23H16O2/c1-23(2)19-10-6-5-8-14(19)17-11-18-16(12-20(17)23)13-7-3-4-9-15(13)21(24)22(18)25/h3-12H,1-2H3. The van der Waals surface area contributed by atoms with Crippen molar-refractivity contribution in [2.24, 2.45) is 0 Å². The van der Waals surface area contributed by atoms with Crippen LogP contribution in [0.3, 0.4) is 0 Å². The lowest BCUT2D eigenvalue weighted by molar-refractivity contribution is 0.0815. The maximum absolute atomic E-state index is 12.7. The minimum Gasteiger partial charge on any atom is -0.285 e. The highest BCUT2D eigenvalue weighted by Gasteiger charge is 2.38. The van der Waals surface area contributed by atoms with Crippen LogP contribution in [0.1, 0.15) is 45.7 Å². The van der Waals surface area contributed by atoms with E-state index in [4.69, 9.17) is 0 Å². The third-order valence-electron chi connectivity index (χ3n) is 5.63. The number of benzene rings is 3. The molecule has 0 heterocycles. The molecular weight excluding hydrogens is 308 g/mol. The number of Topliss-reactive ketones (excluding diaryl/α,β-unsaturated/α-hetero) is 2. The molecule has 25 heavy (non-hydrogen) atoms. The van der Waals surface area contributed by atoms with Crippen LogP contribution in [0.2, 0.25) is 0 Å². The normalized spacial score (nSPS) is 16.1. The van der Waals surface area contributed by atoms with Crippen LogP contribution in [0.4, 0.5) is 0 Å². The van der Waals surface area contributed by atoms with Gasteiger partial charge >= 0.3 is 0 Å². The highest BCUT2D eigenvalue weighted by molar-refractivity contribution is 6.53. The SMILES string of the molecule is CC1(C)c2ccccc2-c2cc3c(cc21)-c1ccccc1C(=O)C3=O. The van der Waals surface area contributed by atoms with Crippen molar-refractivity contribution in [3.63, 3.8) is 0 Å². The summed E-state index contributed by atoms with van der Waals surface area (Å²) in [5.41, 5.74) is 7.34. The lowest BCUT2D eigenvalue weighted by Gasteiger charge is -2.24. The monoisotopic (exact) mass is 324 g/mol. The molecule has 120 valence electrons. The Morgan fingerprint density at radius 3 is 1.92 bits per heavy atom. The fourth-order valence-corrected chi connectivity index (χ4v) is 4.32. The summed E-state index contributed by atoms with van der Waals surface area (Å²) in [7, 11) is 0. The summed E-state index contributed by atoms with van der Waals surface area (Å²) in [6.45, 7) is 4.43. The lowest BCUT2D eigenvalue weighted by Crippen LogP contribution is -2.22. The zero-order valence-electron chi connectivity index (χ0n) is 14.1. The van der Waals surface area contributed by atoms with Gasteiger partial charge in [0.2, 0.25) is 11.6 Å². The maximum atomic E-state index is 12.7. The summed E-state index contributed by atoms with van der Waals surface area (Å²) in [6.07, 6.45) is 0. The van der Waals surface area contributed by atoms with Crippen molar-refractivity contribution in [3.8, 4) is 22.3 Å². The van der Waals surface area contributed by atoms with Gasteiger partial charge in [0.15, 0.2) is 0 Å². The second kappa shape index (κ2) is 4.54.